The summed E-state index contributed by atoms with van der Waals surface area (Å²) in [7, 11) is 0. The van der Waals surface area contributed by atoms with Gasteiger partial charge in [-0.2, -0.15) is 0 Å². The van der Waals surface area contributed by atoms with Gasteiger partial charge < -0.3 is 10.0 Å². The second kappa shape index (κ2) is 4.61. The Balaban J connectivity index is 1.52. The van der Waals surface area contributed by atoms with Gasteiger partial charge in [0.1, 0.15) is 17.5 Å². The number of aliphatic hydroxyl groups is 1. The van der Waals surface area contributed by atoms with Crippen molar-refractivity contribution in [2.75, 3.05) is 13.1 Å². The fourth-order valence-electron chi connectivity index (χ4n) is 2.51. The Hall–Kier alpha value is -2.28. The summed E-state index contributed by atoms with van der Waals surface area (Å²) < 4.78 is 14.4. The second-order valence-electron chi connectivity index (χ2n) is 5.93. The Labute approximate surface area is 126 Å². The maximum absolute atomic E-state index is 12.8. The van der Waals surface area contributed by atoms with Crippen molar-refractivity contribution in [3.63, 3.8) is 0 Å². The number of amides is 1. The molecule has 22 heavy (non-hydrogen) atoms. The number of hydrogen-bond donors (Lipinski definition) is 1. The van der Waals surface area contributed by atoms with E-state index in [4.69, 9.17) is 0 Å². The van der Waals surface area contributed by atoms with E-state index in [1.807, 2.05) is 0 Å². The molecule has 7 heteroatoms. The lowest BCUT2D eigenvalue weighted by Crippen LogP contribution is -2.51. The highest BCUT2D eigenvalue weighted by Gasteiger charge is 2.44. The molecular weight excluding hydrogens is 287 g/mol. The van der Waals surface area contributed by atoms with Crippen LogP contribution in [0.1, 0.15) is 28.9 Å². The van der Waals surface area contributed by atoms with Crippen LogP contribution in [0.2, 0.25) is 0 Å². The highest BCUT2D eigenvalue weighted by Crippen LogP contribution is 2.44. The van der Waals surface area contributed by atoms with Crippen molar-refractivity contribution in [3.8, 4) is 5.69 Å². The van der Waals surface area contributed by atoms with Crippen LogP contribution in [0.15, 0.2) is 30.5 Å². The van der Waals surface area contributed by atoms with E-state index in [9.17, 15) is 14.3 Å². The minimum absolute atomic E-state index is 0.160. The predicted molar refractivity (Wildman–Crippen MR) is 75.3 cm³/mol. The Morgan fingerprint density at radius 1 is 1.27 bits per heavy atom. The molecule has 1 N–H and O–H groups in total. The quantitative estimate of drug-likeness (QED) is 0.919. The summed E-state index contributed by atoms with van der Waals surface area (Å²) in [6.07, 6.45) is 2.23. The molecule has 1 aliphatic carbocycles. The first-order chi connectivity index (χ1) is 10.5. The summed E-state index contributed by atoms with van der Waals surface area (Å²) in [5, 5.41) is 18.0. The molecule has 0 bridgehead atoms. The van der Waals surface area contributed by atoms with E-state index in [2.05, 4.69) is 10.3 Å². The number of likely N-dealkylation sites (tertiary alicyclic amines) is 1. The molecule has 2 fully saturated rings. The van der Waals surface area contributed by atoms with Crippen LogP contribution >= 0.6 is 0 Å². The second-order valence-corrected chi connectivity index (χ2v) is 5.93. The van der Waals surface area contributed by atoms with Gasteiger partial charge in [-0.1, -0.05) is 5.21 Å². The normalized spacial score (nSPS) is 19.8. The first-order valence-corrected chi connectivity index (χ1v) is 7.24. The molecule has 1 saturated carbocycles. The van der Waals surface area contributed by atoms with E-state index in [-0.39, 0.29) is 19.0 Å². The zero-order chi connectivity index (χ0) is 15.3. The molecule has 0 spiro atoms. The molecule has 114 valence electrons. The molecule has 1 aromatic heterocycles. The average molecular weight is 302 g/mol. The molecule has 1 amide bonds. The van der Waals surface area contributed by atoms with Crippen LogP contribution in [0.4, 0.5) is 4.39 Å². The van der Waals surface area contributed by atoms with E-state index in [1.54, 1.807) is 35.1 Å². The third-order valence-electron chi connectivity index (χ3n) is 4.20. The monoisotopic (exact) mass is 302 g/mol. The van der Waals surface area contributed by atoms with Crippen molar-refractivity contribution in [2.45, 2.75) is 24.6 Å². The van der Waals surface area contributed by atoms with Crippen LogP contribution in [0.25, 0.3) is 5.69 Å². The SMILES string of the molecule is O=C(c1ccc(-n2cc(C3(O)CC3)nn2)cc1)N1CC(F)C1. The summed E-state index contributed by atoms with van der Waals surface area (Å²) in [5.74, 6) is -0.160. The third kappa shape index (κ3) is 2.18. The molecule has 2 heterocycles. The van der Waals surface area contributed by atoms with Gasteiger partial charge in [0, 0.05) is 5.56 Å². The van der Waals surface area contributed by atoms with Crippen molar-refractivity contribution >= 4 is 5.91 Å². The predicted octanol–water partition coefficient (Wildman–Crippen LogP) is 1.04. The fraction of sp³-hybridized carbons (Fsp3) is 0.400. The first kappa shape index (κ1) is 13.4. The van der Waals surface area contributed by atoms with Crippen molar-refractivity contribution in [1.29, 1.82) is 0 Å². The van der Waals surface area contributed by atoms with Crippen molar-refractivity contribution < 1.29 is 14.3 Å². The maximum atomic E-state index is 12.8. The minimum atomic E-state index is -0.898. The van der Waals surface area contributed by atoms with E-state index in [0.29, 0.717) is 24.1 Å². The van der Waals surface area contributed by atoms with Crippen LogP contribution in [0.3, 0.4) is 0 Å². The molecule has 2 aliphatic rings. The molecule has 1 aliphatic heterocycles. The van der Waals surface area contributed by atoms with Gasteiger partial charge in [0.2, 0.25) is 0 Å². The highest BCUT2D eigenvalue weighted by molar-refractivity contribution is 5.95. The number of carbonyl (C=O) groups excluding carboxylic acids is 1. The van der Waals surface area contributed by atoms with Gasteiger partial charge >= 0.3 is 0 Å². The van der Waals surface area contributed by atoms with Crippen molar-refractivity contribution in [3.05, 3.63) is 41.7 Å². The molecule has 1 saturated heterocycles. The number of nitrogens with zero attached hydrogens (tertiary/aromatic N) is 4. The Morgan fingerprint density at radius 2 is 1.95 bits per heavy atom. The van der Waals surface area contributed by atoms with Crippen LogP contribution < -0.4 is 0 Å². The summed E-state index contributed by atoms with van der Waals surface area (Å²) >= 11 is 0. The van der Waals surface area contributed by atoms with Gasteiger partial charge in [-0.3, -0.25) is 4.79 Å². The van der Waals surface area contributed by atoms with Gasteiger partial charge in [-0.25, -0.2) is 9.07 Å². The lowest BCUT2D eigenvalue weighted by atomic mass is 10.1. The summed E-state index contributed by atoms with van der Waals surface area (Å²) in [6.45, 7) is 0.344. The number of alkyl halides is 1. The zero-order valence-corrected chi connectivity index (χ0v) is 11.8. The Kier molecular flexibility index (Phi) is 2.80. The number of hydrogen-bond acceptors (Lipinski definition) is 4. The number of benzene rings is 1. The largest absolute Gasteiger partial charge is 0.383 e. The van der Waals surface area contributed by atoms with Crippen LogP contribution in [-0.2, 0) is 5.60 Å². The van der Waals surface area contributed by atoms with Gasteiger partial charge in [0.05, 0.1) is 25.0 Å². The van der Waals surface area contributed by atoms with Gasteiger partial charge in [-0.15, -0.1) is 5.10 Å². The molecular formula is C15H15FN4O2. The molecule has 0 unspecified atom stereocenters. The summed E-state index contributed by atoms with van der Waals surface area (Å²) in [4.78, 5) is 13.5. The van der Waals surface area contributed by atoms with E-state index >= 15 is 0 Å². The smallest absolute Gasteiger partial charge is 0.254 e. The lowest BCUT2D eigenvalue weighted by molar-refractivity contribution is 0.0400. The van der Waals surface area contributed by atoms with Crippen molar-refractivity contribution in [1.82, 2.24) is 19.9 Å². The van der Waals surface area contributed by atoms with E-state index in [0.717, 1.165) is 5.69 Å². The van der Waals surface area contributed by atoms with Crippen LogP contribution in [0, 0.1) is 0 Å². The Morgan fingerprint density at radius 3 is 2.55 bits per heavy atom. The molecule has 6 nitrogen and oxygen atoms in total. The highest BCUT2D eigenvalue weighted by atomic mass is 19.1. The van der Waals surface area contributed by atoms with Crippen LogP contribution in [-0.4, -0.2) is 50.2 Å². The molecule has 4 rings (SSSR count). The van der Waals surface area contributed by atoms with Crippen molar-refractivity contribution in [2.24, 2.45) is 0 Å². The molecule has 1 aromatic carbocycles. The zero-order valence-electron chi connectivity index (χ0n) is 11.8. The molecule has 2 aromatic rings. The lowest BCUT2D eigenvalue weighted by Gasteiger charge is -2.34. The molecule has 0 atom stereocenters. The number of halogens is 1. The first-order valence-electron chi connectivity index (χ1n) is 7.24. The third-order valence-corrected chi connectivity index (χ3v) is 4.20. The number of aromatic nitrogens is 3. The van der Waals surface area contributed by atoms with Gasteiger partial charge in [-0.05, 0) is 37.1 Å². The van der Waals surface area contributed by atoms with E-state index < -0.39 is 11.8 Å². The van der Waals surface area contributed by atoms with Gasteiger partial charge in [0.15, 0.2) is 0 Å². The Bertz CT molecular complexity index is 717. The topological polar surface area (TPSA) is 71.2 Å². The van der Waals surface area contributed by atoms with E-state index in [1.165, 1.54) is 4.90 Å². The van der Waals surface area contributed by atoms with Gasteiger partial charge in [0.25, 0.3) is 5.91 Å². The van der Waals surface area contributed by atoms with Crippen LogP contribution in [0.5, 0.6) is 0 Å². The molecule has 0 radical (unpaired) electrons. The minimum Gasteiger partial charge on any atom is -0.383 e. The maximum Gasteiger partial charge on any atom is 0.254 e. The summed E-state index contributed by atoms with van der Waals surface area (Å²) in [6, 6.07) is 6.90. The summed E-state index contributed by atoms with van der Waals surface area (Å²) in [5.41, 5.74) is 1.04. The standard InChI is InChI=1S/C15H15FN4O2/c16-11-7-19(8-11)14(21)10-1-3-12(4-2-10)20-9-13(17-18-20)15(22)5-6-15/h1-4,9,11,22H,5-8H2. The average Bonchev–Trinajstić information content (AvgIpc) is 3.05. The number of rotatable bonds is 3. The number of carbonyl (C=O) groups is 1. The fourth-order valence-corrected chi connectivity index (χ4v) is 2.51.